The van der Waals surface area contributed by atoms with Crippen molar-refractivity contribution >= 4 is 0 Å². The van der Waals surface area contributed by atoms with Crippen molar-refractivity contribution in [1.29, 1.82) is 0 Å². The van der Waals surface area contributed by atoms with Crippen LogP contribution < -0.4 is 0 Å². The standard InChI is InChI=1S/C25H33N/c1-5-7-11-19(10-6-2)23-13-8-14-24(26-23)21-15-16-22-20(18-21)12-9-17-25(22,3)4/h14-16,18-19H,5-7,9-12,17H2,1-4H3. The second kappa shape index (κ2) is 8.26. The summed E-state index contributed by atoms with van der Waals surface area (Å²) in [5.41, 5.74) is 6.72. The van der Waals surface area contributed by atoms with Crippen LogP contribution in [0.1, 0.15) is 95.4 Å². The number of unbranched alkanes of at least 4 members (excludes halogenated alkanes) is 1. The fourth-order valence-corrected chi connectivity index (χ4v) is 4.40. The van der Waals surface area contributed by atoms with E-state index in [1.807, 2.05) is 6.07 Å². The van der Waals surface area contributed by atoms with Crippen LogP contribution in [0.4, 0.5) is 0 Å². The molecule has 1 aliphatic carbocycles. The predicted octanol–water partition coefficient (Wildman–Crippen LogP) is 7.04. The van der Waals surface area contributed by atoms with Gasteiger partial charge in [-0.3, -0.25) is 0 Å². The zero-order chi connectivity index (χ0) is 18.6. The molecule has 1 heterocycles. The van der Waals surface area contributed by atoms with Crippen LogP contribution in [0.2, 0.25) is 0 Å². The van der Waals surface area contributed by atoms with Gasteiger partial charge in [-0.1, -0.05) is 65.2 Å². The van der Waals surface area contributed by atoms with E-state index in [9.17, 15) is 0 Å². The lowest BCUT2D eigenvalue weighted by Gasteiger charge is -2.32. The Morgan fingerprint density at radius 2 is 2.00 bits per heavy atom. The third kappa shape index (κ3) is 4.12. The van der Waals surface area contributed by atoms with E-state index in [4.69, 9.17) is 4.98 Å². The normalized spacial score (nSPS) is 16.6. The van der Waals surface area contributed by atoms with E-state index >= 15 is 0 Å². The molecule has 0 radical (unpaired) electrons. The smallest absolute Gasteiger partial charge is 0.0941 e. The lowest BCUT2D eigenvalue weighted by molar-refractivity contribution is 0.432. The van der Waals surface area contributed by atoms with Gasteiger partial charge in [0.15, 0.2) is 0 Å². The molecule has 0 spiro atoms. The van der Waals surface area contributed by atoms with Crippen molar-refractivity contribution in [2.24, 2.45) is 0 Å². The maximum atomic E-state index is 5.01. The average molecular weight is 348 g/mol. The SMILES string of the molecule is CCCCC(CCC)c1c#ccc(-c2ccc3c(c2)CCCC3(C)C)n1. The summed E-state index contributed by atoms with van der Waals surface area (Å²) < 4.78 is 0. The van der Waals surface area contributed by atoms with Crippen LogP contribution in [0.25, 0.3) is 11.3 Å². The van der Waals surface area contributed by atoms with Crippen LogP contribution in [0, 0.1) is 12.1 Å². The third-order valence-corrected chi connectivity index (χ3v) is 5.96. The summed E-state index contributed by atoms with van der Waals surface area (Å²) >= 11 is 0. The molecule has 3 rings (SSSR count). The van der Waals surface area contributed by atoms with Gasteiger partial charge in [-0.2, -0.15) is 0 Å². The number of hydrogen-bond acceptors (Lipinski definition) is 1. The molecule has 0 fully saturated rings. The molecule has 138 valence electrons. The zero-order valence-electron chi connectivity index (χ0n) is 17.0. The van der Waals surface area contributed by atoms with Gasteiger partial charge in [0.05, 0.1) is 11.4 Å². The van der Waals surface area contributed by atoms with Crippen LogP contribution in [-0.2, 0) is 11.8 Å². The van der Waals surface area contributed by atoms with E-state index in [0.29, 0.717) is 11.3 Å². The van der Waals surface area contributed by atoms with Gasteiger partial charge in [0.2, 0.25) is 0 Å². The molecule has 0 saturated heterocycles. The van der Waals surface area contributed by atoms with E-state index in [2.05, 4.69) is 58.0 Å². The van der Waals surface area contributed by atoms with Gasteiger partial charge in [-0.05, 0) is 60.8 Å². The molecule has 0 bridgehead atoms. The maximum Gasteiger partial charge on any atom is 0.0941 e. The van der Waals surface area contributed by atoms with Crippen LogP contribution in [0.15, 0.2) is 24.3 Å². The van der Waals surface area contributed by atoms with Crippen LogP contribution in [-0.4, -0.2) is 4.98 Å². The van der Waals surface area contributed by atoms with Crippen molar-refractivity contribution in [2.45, 2.75) is 90.4 Å². The minimum absolute atomic E-state index is 0.299. The number of fused-ring (bicyclic) bond motifs is 1. The zero-order valence-corrected chi connectivity index (χ0v) is 17.0. The maximum absolute atomic E-state index is 5.01. The minimum Gasteiger partial charge on any atom is -0.243 e. The summed E-state index contributed by atoms with van der Waals surface area (Å²) in [5, 5.41) is 0. The van der Waals surface area contributed by atoms with Gasteiger partial charge in [-0.15, -0.1) is 0 Å². The minimum atomic E-state index is 0.299. The molecule has 0 aliphatic heterocycles. The molecule has 0 N–H and O–H groups in total. The molecule has 26 heavy (non-hydrogen) atoms. The average Bonchev–Trinajstić information content (AvgIpc) is 2.64. The van der Waals surface area contributed by atoms with Crippen molar-refractivity contribution in [2.75, 3.05) is 0 Å². The number of benzene rings is 1. The van der Waals surface area contributed by atoms with Gasteiger partial charge in [0, 0.05) is 17.5 Å². The Kier molecular flexibility index (Phi) is 6.02. The molecule has 1 heteroatoms. The second-order valence-electron chi connectivity index (χ2n) is 8.53. The number of nitrogens with zero attached hydrogens (tertiary/aromatic N) is 1. The van der Waals surface area contributed by atoms with E-state index in [0.717, 1.165) is 11.4 Å². The summed E-state index contributed by atoms with van der Waals surface area (Å²) in [7, 11) is 0. The van der Waals surface area contributed by atoms with E-state index < -0.39 is 0 Å². The number of aromatic nitrogens is 1. The Hall–Kier alpha value is -1.81. The van der Waals surface area contributed by atoms with Crippen LogP contribution >= 0.6 is 0 Å². The number of aryl methyl sites for hydroxylation is 1. The molecule has 0 amide bonds. The number of hydrogen-bond donors (Lipinski definition) is 0. The van der Waals surface area contributed by atoms with Gasteiger partial charge < -0.3 is 0 Å². The highest BCUT2D eigenvalue weighted by molar-refractivity contribution is 5.61. The molecule has 1 aliphatic rings. The summed E-state index contributed by atoms with van der Waals surface area (Å²) in [6.45, 7) is 9.26. The summed E-state index contributed by atoms with van der Waals surface area (Å²) in [5.74, 6) is 0.521. The molecule has 1 unspecified atom stereocenters. The van der Waals surface area contributed by atoms with Crippen molar-refractivity contribution in [3.63, 3.8) is 0 Å². The first kappa shape index (κ1) is 19.0. The Balaban J connectivity index is 1.90. The number of rotatable bonds is 7. The largest absolute Gasteiger partial charge is 0.243 e. The fourth-order valence-electron chi connectivity index (χ4n) is 4.40. The van der Waals surface area contributed by atoms with Gasteiger partial charge in [0.25, 0.3) is 0 Å². The predicted molar refractivity (Wildman–Crippen MR) is 110 cm³/mol. The second-order valence-corrected chi connectivity index (χ2v) is 8.53. The first-order valence-corrected chi connectivity index (χ1v) is 10.5. The Bertz CT molecular complexity index is 729. The first-order valence-electron chi connectivity index (χ1n) is 10.5. The fraction of sp³-hybridized carbons (Fsp3) is 0.560. The summed E-state index contributed by atoms with van der Waals surface area (Å²) in [4.78, 5) is 5.01. The van der Waals surface area contributed by atoms with Gasteiger partial charge in [-0.25, -0.2) is 4.98 Å². The van der Waals surface area contributed by atoms with Crippen LogP contribution in [0.3, 0.4) is 0 Å². The van der Waals surface area contributed by atoms with Crippen molar-refractivity contribution < 1.29 is 0 Å². The topological polar surface area (TPSA) is 12.9 Å². The summed E-state index contributed by atoms with van der Waals surface area (Å²) in [6, 6.07) is 15.5. The molecule has 1 aromatic heterocycles. The molecule has 1 atom stereocenters. The highest BCUT2D eigenvalue weighted by Crippen LogP contribution is 2.38. The van der Waals surface area contributed by atoms with E-state index in [-0.39, 0.29) is 0 Å². The van der Waals surface area contributed by atoms with E-state index in [1.54, 1.807) is 0 Å². The summed E-state index contributed by atoms with van der Waals surface area (Å²) in [6.07, 6.45) is 9.86. The van der Waals surface area contributed by atoms with Crippen molar-refractivity contribution in [3.05, 3.63) is 53.2 Å². The van der Waals surface area contributed by atoms with Crippen molar-refractivity contribution in [3.8, 4) is 11.3 Å². The van der Waals surface area contributed by atoms with Crippen LogP contribution in [0.5, 0.6) is 0 Å². The molecular weight excluding hydrogens is 314 g/mol. The molecular formula is C25H33N. The molecule has 2 aromatic rings. The van der Waals surface area contributed by atoms with Crippen molar-refractivity contribution in [1.82, 2.24) is 4.98 Å². The van der Waals surface area contributed by atoms with Gasteiger partial charge in [0.1, 0.15) is 0 Å². The lowest BCUT2D eigenvalue weighted by Crippen LogP contribution is -2.23. The Morgan fingerprint density at radius 3 is 2.77 bits per heavy atom. The van der Waals surface area contributed by atoms with Gasteiger partial charge >= 0.3 is 0 Å². The Labute approximate surface area is 160 Å². The molecule has 1 nitrogen and oxygen atoms in total. The molecule has 0 saturated carbocycles. The Morgan fingerprint density at radius 1 is 1.15 bits per heavy atom. The third-order valence-electron chi connectivity index (χ3n) is 5.96. The van der Waals surface area contributed by atoms with E-state index in [1.165, 1.54) is 68.1 Å². The monoisotopic (exact) mass is 347 g/mol. The molecule has 1 aromatic carbocycles. The first-order chi connectivity index (χ1) is 12.5. The lowest BCUT2D eigenvalue weighted by atomic mass is 9.72. The highest BCUT2D eigenvalue weighted by atomic mass is 14.7. The highest BCUT2D eigenvalue weighted by Gasteiger charge is 2.27. The quantitative estimate of drug-likeness (QED) is 0.523.